The number of aromatic nitrogens is 6. The highest BCUT2D eigenvalue weighted by Gasteiger charge is 2.25. The molecule has 1 fully saturated rings. The molecule has 1 atom stereocenters. The molecular formula is C25H25N7O. The van der Waals surface area contributed by atoms with Crippen LogP contribution in [-0.2, 0) is 11.8 Å². The van der Waals surface area contributed by atoms with Gasteiger partial charge in [-0.1, -0.05) is 12.1 Å². The van der Waals surface area contributed by atoms with Crippen molar-refractivity contribution < 1.29 is 4.74 Å². The number of hydrogen-bond donors (Lipinski definition) is 1. The van der Waals surface area contributed by atoms with Gasteiger partial charge in [-0.15, -0.1) is 0 Å². The average Bonchev–Trinajstić information content (AvgIpc) is 3.47. The van der Waals surface area contributed by atoms with Gasteiger partial charge in [0.2, 0.25) is 0 Å². The zero-order chi connectivity index (χ0) is 22.5. The minimum Gasteiger partial charge on any atom is -0.377 e. The summed E-state index contributed by atoms with van der Waals surface area (Å²) in [5.41, 5.74) is 6.18. The molecule has 1 aliphatic rings. The van der Waals surface area contributed by atoms with Gasteiger partial charge in [0.1, 0.15) is 5.82 Å². The van der Waals surface area contributed by atoms with Crippen molar-refractivity contribution in [1.82, 2.24) is 29.9 Å². The van der Waals surface area contributed by atoms with E-state index in [4.69, 9.17) is 14.7 Å². The Morgan fingerprint density at radius 1 is 1.09 bits per heavy atom. The van der Waals surface area contributed by atoms with Crippen molar-refractivity contribution in [2.45, 2.75) is 19.9 Å². The lowest BCUT2D eigenvalue weighted by Gasteiger charge is -2.35. The fourth-order valence-electron chi connectivity index (χ4n) is 4.72. The van der Waals surface area contributed by atoms with Crippen molar-refractivity contribution in [1.29, 1.82) is 0 Å². The second-order valence-corrected chi connectivity index (χ2v) is 8.65. The molecule has 8 heteroatoms. The first-order valence-electron chi connectivity index (χ1n) is 11.2. The van der Waals surface area contributed by atoms with E-state index in [1.54, 1.807) is 0 Å². The topological polar surface area (TPSA) is 84.8 Å². The van der Waals surface area contributed by atoms with Crippen LogP contribution in [0.1, 0.15) is 12.5 Å². The molecule has 0 bridgehead atoms. The maximum absolute atomic E-state index is 5.72. The van der Waals surface area contributed by atoms with Gasteiger partial charge in [0, 0.05) is 41.7 Å². The number of ether oxygens (including phenoxy) is 1. The SMILES string of the molecule is Cc1ccc2[nH]ncc2c1-c1nc(N2CCOC[C@H]2C)c2cc(-c3ccnn3C)ccc2n1. The van der Waals surface area contributed by atoms with Crippen molar-refractivity contribution in [2.24, 2.45) is 7.05 Å². The van der Waals surface area contributed by atoms with Crippen LogP contribution in [0.15, 0.2) is 48.8 Å². The smallest absolute Gasteiger partial charge is 0.163 e. The van der Waals surface area contributed by atoms with Crippen LogP contribution in [0.3, 0.4) is 0 Å². The number of nitrogens with one attached hydrogen (secondary N) is 1. The van der Waals surface area contributed by atoms with Crippen LogP contribution in [0, 0.1) is 6.92 Å². The molecule has 1 saturated heterocycles. The molecule has 5 aromatic rings. The fraction of sp³-hybridized carbons (Fsp3) is 0.280. The van der Waals surface area contributed by atoms with Crippen molar-refractivity contribution in [3.63, 3.8) is 0 Å². The van der Waals surface area contributed by atoms with E-state index in [2.05, 4.69) is 58.3 Å². The highest BCUT2D eigenvalue weighted by molar-refractivity contribution is 5.98. The van der Waals surface area contributed by atoms with Crippen LogP contribution >= 0.6 is 0 Å². The Morgan fingerprint density at radius 3 is 2.82 bits per heavy atom. The van der Waals surface area contributed by atoms with E-state index in [1.807, 2.05) is 36.3 Å². The van der Waals surface area contributed by atoms with Gasteiger partial charge in [0.05, 0.1) is 42.2 Å². The Balaban J connectivity index is 1.62. The van der Waals surface area contributed by atoms with Gasteiger partial charge in [0.25, 0.3) is 0 Å². The quantitative estimate of drug-likeness (QED) is 0.455. The monoisotopic (exact) mass is 439 g/mol. The number of aryl methyl sites for hydroxylation is 2. The van der Waals surface area contributed by atoms with Crippen LogP contribution in [0.2, 0.25) is 0 Å². The zero-order valence-corrected chi connectivity index (χ0v) is 18.9. The van der Waals surface area contributed by atoms with Crippen molar-refractivity contribution in [2.75, 3.05) is 24.7 Å². The summed E-state index contributed by atoms with van der Waals surface area (Å²) in [6.07, 6.45) is 3.67. The molecule has 8 nitrogen and oxygen atoms in total. The molecule has 1 N–H and O–H groups in total. The average molecular weight is 440 g/mol. The third kappa shape index (κ3) is 3.25. The van der Waals surface area contributed by atoms with Crippen molar-refractivity contribution in [3.8, 4) is 22.6 Å². The maximum Gasteiger partial charge on any atom is 0.163 e. The minimum absolute atomic E-state index is 0.218. The molecule has 6 rings (SSSR count). The Labute approximate surface area is 191 Å². The Kier molecular flexibility index (Phi) is 4.62. The van der Waals surface area contributed by atoms with E-state index in [9.17, 15) is 0 Å². The molecule has 1 aliphatic heterocycles. The second kappa shape index (κ2) is 7.67. The third-order valence-electron chi connectivity index (χ3n) is 6.49. The van der Waals surface area contributed by atoms with E-state index in [0.717, 1.165) is 56.6 Å². The summed E-state index contributed by atoms with van der Waals surface area (Å²) < 4.78 is 7.60. The van der Waals surface area contributed by atoms with E-state index in [0.29, 0.717) is 19.0 Å². The number of hydrogen-bond acceptors (Lipinski definition) is 6. The van der Waals surface area contributed by atoms with Crippen LogP contribution in [-0.4, -0.2) is 55.7 Å². The maximum atomic E-state index is 5.72. The van der Waals surface area contributed by atoms with Gasteiger partial charge in [-0.05, 0) is 43.7 Å². The van der Waals surface area contributed by atoms with Gasteiger partial charge < -0.3 is 9.64 Å². The van der Waals surface area contributed by atoms with E-state index in [-0.39, 0.29) is 6.04 Å². The summed E-state index contributed by atoms with van der Waals surface area (Å²) in [7, 11) is 1.96. The Hall–Kier alpha value is -3.78. The molecule has 0 unspecified atom stereocenters. The zero-order valence-electron chi connectivity index (χ0n) is 18.9. The second-order valence-electron chi connectivity index (χ2n) is 8.65. The summed E-state index contributed by atoms with van der Waals surface area (Å²) >= 11 is 0. The van der Waals surface area contributed by atoms with Crippen LogP contribution in [0.5, 0.6) is 0 Å². The van der Waals surface area contributed by atoms with Gasteiger partial charge >= 0.3 is 0 Å². The number of aromatic amines is 1. The lowest BCUT2D eigenvalue weighted by molar-refractivity contribution is 0.0987. The largest absolute Gasteiger partial charge is 0.377 e. The van der Waals surface area contributed by atoms with Crippen molar-refractivity contribution in [3.05, 3.63) is 54.4 Å². The predicted molar refractivity (Wildman–Crippen MR) is 129 cm³/mol. The lowest BCUT2D eigenvalue weighted by Crippen LogP contribution is -2.44. The summed E-state index contributed by atoms with van der Waals surface area (Å²) in [5, 5.41) is 13.7. The first-order chi connectivity index (χ1) is 16.1. The van der Waals surface area contributed by atoms with Crippen molar-refractivity contribution >= 4 is 27.6 Å². The molecule has 0 saturated carbocycles. The molecular weight excluding hydrogens is 414 g/mol. The standard InChI is InChI=1S/C25H25N7O/c1-15-4-6-21-19(13-26-30-21)23(15)24-28-20-7-5-17(22-8-9-27-31(22)3)12-18(20)25(29-24)32-10-11-33-14-16(32)2/h4-9,12-13,16H,10-11,14H2,1-3H3,(H,26,30)/t16-/m1/s1. The Morgan fingerprint density at radius 2 is 2.00 bits per heavy atom. The lowest BCUT2D eigenvalue weighted by atomic mass is 10.0. The first kappa shape index (κ1) is 19.9. The highest BCUT2D eigenvalue weighted by Crippen LogP contribution is 2.35. The molecule has 0 spiro atoms. The van der Waals surface area contributed by atoms with Crippen LogP contribution in [0.4, 0.5) is 5.82 Å². The molecule has 2 aromatic carbocycles. The highest BCUT2D eigenvalue weighted by atomic mass is 16.5. The molecule has 166 valence electrons. The van der Waals surface area contributed by atoms with Gasteiger partial charge in [-0.2, -0.15) is 10.2 Å². The van der Waals surface area contributed by atoms with E-state index < -0.39 is 0 Å². The number of rotatable bonds is 3. The minimum atomic E-state index is 0.218. The first-order valence-corrected chi connectivity index (χ1v) is 11.2. The number of fused-ring (bicyclic) bond motifs is 2. The van der Waals surface area contributed by atoms with Gasteiger partial charge in [0.15, 0.2) is 5.82 Å². The number of benzene rings is 2. The molecule has 4 heterocycles. The van der Waals surface area contributed by atoms with E-state index in [1.165, 1.54) is 0 Å². The van der Waals surface area contributed by atoms with E-state index >= 15 is 0 Å². The van der Waals surface area contributed by atoms with Crippen LogP contribution < -0.4 is 4.90 Å². The normalized spacial score (nSPS) is 16.7. The molecule has 0 radical (unpaired) electrons. The number of nitrogens with zero attached hydrogens (tertiary/aromatic N) is 6. The third-order valence-corrected chi connectivity index (χ3v) is 6.49. The summed E-state index contributed by atoms with van der Waals surface area (Å²) in [6, 6.07) is 12.8. The summed E-state index contributed by atoms with van der Waals surface area (Å²) in [4.78, 5) is 12.5. The number of morpholine rings is 1. The molecule has 33 heavy (non-hydrogen) atoms. The predicted octanol–water partition coefficient (Wildman–Crippen LogP) is 4.11. The molecule has 0 aliphatic carbocycles. The molecule has 3 aromatic heterocycles. The van der Waals surface area contributed by atoms with Crippen LogP contribution in [0.25, 0.3) is 44.5 Å². The summed E-state index contributed by atoms with van der Waals surface area (Å²) in [5.74, 6) is 1.66. The van der Waals surface area contributed by atoms with Gasteiger partial charge in [-0.3, -0.25) is 9.78 Å². The van der Waals surface area contributed by atoms with Gasteiger partial charge in [-0.25, -0.2) is 9.97 Å². The molecule has 0 amide bonds. The number of anilines is 1. The Bertz CT molecular complexity index is 1490. The summed E-state index contributed by atoms with van der Waals surface area (Å²) in [6.45, 7) is 6.43. The fourth-order valence-corrected chi connectivity index (χ4v) is 4.72. The number of H-pyrrole nitrogens is 1.